The fraction of sp³-hybridized carbons (Fsp3) is 0.579. The van der Waals surface area contributed by atoms with Crippen LogP contribution in [0.5, 0.6) is 0 Å². The van der Waals surface area contributed by atoms with Crippen LogP contribution in [-0.4, -0.2) is 34.1 Å². The molecule has 2 aromatic rings. The van der Waals surface area contributed by atoms with Crippen molar-refractivity contribution in [2.24, 2.45) is 0 Å². The molecule has 3 rings (SSSR count). The van der Waals surface area contributed by atoms with E-state index in [0.29, 0.717) is 11.8 Å². The minimum absolute atomic E-state index is 0.0848. The predicted molar refractivity (Wildman–Crippen MR) is 104 cm³/mol. The van der Waals surface area contributed by atoms with Gasteiger partial charge in [-0.25, -0.2) is 9.78 Å². The van der Waals surface area contributed by atoms with Crippen LogP contribution >= 0.6 is 11.3 Å². The number of hydrogen-bond acceptors (Lipinski definition) is 6. The molecule has 0 radical (unpaired) electrons. The zero-order valence-electron chi connectivity index (χ0n) is 16.0. The first-order chi connectivity index (χ1) is 12.9. The van der Waals surface area contributed by atoms with Gasteiger partial charge in [0.25, 0.3) is 5.56 Å². The third-order valence-corrected chi connectivity index (χ3v) is 6.48. The van der Waals surface area contributed by atoms with Crippen LogP contribution in [0.3, 0.4) is 0 Å². The highest BCUT2D eigenvalue weighted by Gasteiger charge is 2.33. The fourth-order valence-electron chi connectivity index (χ4n) is 3.44. The number of rotatable bonds is 6. The Morgan fingerprint density at radius 1 is 1.37 bits per heavy atom. The summed E-state index contributed by atoms with van der Waals surface area (Å²) >= 11 is 1.61. The van der Waals surface area contributed by atoms with Gasteiger partial charge in [0.15, 0.2) is 0 Å². The standard InChI is InChI=1S/C19H25N3O4S/c1-4-19(2,18(25)26-3)21-14(23)9-10-22-11-20-16-15(17(22)24)12-7-5-6-8-13(12)27-16/h11H,4-10H2,1-3H3,(H,21,23). The smallest absolute Gasteiger partial charge is 0.331 e. The first-order valence-electron chi connectivity index (χ1n) is 9.28. The third kappa shape index (κ3) is 3.76. The van der Waals surface area contributed by atoms with Gasteiger partial charge in [-0.15, -0.1) is 11.3 Å². The molecule has 1 amide bonds. The fourth-order valence-corrected chi connectivity index (χ4v) is 4.66. The van der Waals surface area contributed by atoms with E-state index in [-0.39, 0.29) is 24.4 Å². The molecule has 1 aliphatic carbocycles. The SMILES string of the molecule is CCC(C)(NC(=O)CCn1cnc2sc3c(c2c1=O)CCCC3)C(=O)OC. The van der Waals surface area contributed by atoms with Gasteiger partial charge < -0.3 is 10.1 Å². The van der Waals surface area contributed by atoms with Crippen LogP contribution in [0.25, 0.3) is 10.2 Å². The second kappa shape index (κ2) is 7.80. The summed E-state index contributed by atoms with van der Waals surface area (Å²) in [5.74, 6) is -0.785. The lowest BCUT2D eigenvalue weighted by Crippen LogP contribution is -2.52. The lowest BCUT2D eigenvalue weighted by atomic mass is 9.97. The maximum atomic E-state index is 12.9. The Hall–Kier alpha value is -2.22. The largest absolute Gasteiger partial charge is 0.467 e. The summed E-state index contributed by atoms with van der Waals surface area (Å²) in [6, 6.07) is 0. The van der Waals surface area contributed by atoms with Crippen LogP contribution in [0.4, 0.5) is 0 Å². The molecule has 0 aromatic carbocycles. The summed E-state index contributed by atoms with van der Waals surface area (Å²) in [6.07, 6.45) is 6.21. The molecule has 0 spiro atoms. The Kier molecular flexibility index (Phi) is 5.64. The molecule has 2 aromatic heterocycles. The number of esters is 1. The maximum Gasteiger partial charge on any atom is 0.331 e. The molecular formula is C19H25N3O4S. The van der Waals surface area contributed by atoms with Crippen LogP contribution in [0.2, 0.25) is 0 Å². The molecule has 27 heavy (non-hydrogen) atoms. The zero-order chi connectivity index (χ0) is 19.6. The highest BCUT2D eigenvalue weighted by Crippen LogP contribution is 2.33. The minimum atomic E-state index is -1.06. The molecule has 0 bridgehead atoms. The number of nitrogens with one attached hydrogen (secondary N) is 1. The summed E-state index contributed by atoms with van der Waals surface area (Å²) in [4.78, 5) is 43.6. The van der Waals surface area contributed by atoms with E-state index in [9.17, 15) is 14.4 Å². The van der Waals surface area contributed by atoms with Crippen molar-refractivity contribution in [2.45, 2.75) is 64.5 Å². The average Bonchev–Trinajstić information content (AvgIpc) is 3.05. The first kappa shape index (κ1) is 19.5. The maximum absolute atomic E-state index is 12.9. The highest BCUT2D eigenvalue weighted by molar-refractivity contribution is 7.18. The van der Waals surface area contributed by atoms with Crippen molar-refractivity contribution in [2.75, 3.05) is 7.11 Å². The topological polar surface area (TPSA) is 90.3 Å². The van der Waals surface area contributed by atoms with Crippen molar-refractivity contribution in [1.29, 1.82) is 0 Å². The quantitative estimate of drug-likeness (QED) is 0.763. The van der Waals surface area contributed by atoms with E-state index in [1.807, 2.05) is 0 Å². The number of fused-ring (bicyclic) bond motifs is 3. The highest BCUT2D eigenvalue weighted by atomic mass is 32.1. The number of ether oxygens (including phenoxy) is 1. The number of thiophene rings is 1. The molecule has 2 heterocycles. The number of aromatic nitrogens is 2. The molecule has 0 fully saturated rings. The predicted octanol–water partition coefficient (Wildman–Crippen LogP) is 2.18. The number of aryl methyl sites for hydroxylation is 3. The molecule has 1 unspecified atom stereocenters. The van der Waals surface area contributed by atoms with Crippen molar-refractivity contribution in [3.8, 4) is 0 Å². The number of methoxy groups -OCH3 is 1. The molecular weight excluding hydrogens is 366 g/mol. The van der Waals surface area contributed by atoms with Crippen molar-refractivity contribution in [3.63, 3.8) is 0 Å². The lowest BCUT2D eigenvalue weighted by molar-refractivity contribution is -0.150. The van der Waals surface area contributed by atoms with Crippen molar-refractivity contribution in [3.05, 3.63) is 27.1 Å². The van der Waals surface area contributed by atoms with E-state index in [4.69, 9.17) is 4.74 Å². The Balaban J connectivity index is 1.75. The van der Waals surface area contributed by atoms with Crippen LogP contribution in [-0.2, 0) is 33.7 Å². The Labute approximate surface area is 161 Å². The normalized spacial score (nSPS) is 15.8. The van der Waals surface area contributed by atoms with Gasteiger partial charge in [-0.05, 0) is 44.6 Å². The van der Waals surface area contributed by atoms with E-state index >= 15 is 0 Å². The third-order valence-electron chi connectivity index (χ3n) is 5.28. The lowest BCUT2D eigenvalue weighted by Gasteiger charge is -2.26. The van der Waals surface area contributed by atoms with Gasteiger partial charge in [-0.2, -0.15) is 0 Å². The molecule has 0 aliphatic heterocycles. The van der Waals surface area contributed by atoms with Gasteiger partial charge in [-0.1, -0.05) is 6.92 Å². The minimum Gasteiger partial charge on any atom is -0.467 e. The van der Waals surface area contributed by atoms with Gasteiger partial charge in [0, 0.05) is 17.8 Å². The molecule has 146 valence electrons. The molecule has 0 saturated carbocycles. The number of carbonyl (C=O) groups excluding carboxylic acids is 2. The summed E-state index contributed by atoms with van der Waals surface area (Å²) in [7, 11) is 1.30. The summed E-state index contributed by atoms with van der Waals surface area (Å²) < 4.78 is 6.25. The van der Waals surface area contributed by atoms with Crippen molar-refractivity contribution in [1.82, 2.24) is 14.9 Å². The Morgan fingerprint density at radius 2 is 2.11 bits per heavy atom. The van der Waals surface area contributed by atoms with Crippen LogP contribution in [0, 0.1) is 0 Å². The van der Waals surface area contributed by atoms with E-state index in [0.717, 1.165) is 36.1 Å². The van der Waals surface area contributed by atoms with Crippen LogP contribution < -0.4 is 10.9 Å². The second-order valence-corrected chi connectivity index (χ2v) is 8.19. The van der Waals surface area contributed by atoms with E-state index in [1.54, 1.807) is 25.2 Å². The van der Waals surface area contributed by atoms with Crippen molar-refractivity contribution < 1.29 is 14.3 Å². The number of hydrogen-bond donors (Lipinski definition) is 1. The monoisotopic (exact) mass is 391 g/mol. The van der Waals surface area contributed by atoms with E-state index < -0.39 is 11.5 Å². The van der Waals surface area contributed by atoms with Crippen molar-refractivity contribution >= 4 is 33.4 Å². The summed E-state index contributed by atoms with van der Waals surface area (Å²) in [5.41, 5.74) is -0.00830. The first-order valence-corrected chi connectivity index (χ1v) is 10.1. The Bertz CT molecular complexity index is 933. The molecule has 1 aliphatic rings. The summed E-state index contributed by atoms with van der Waals surface area (Å²) in [5, 5.41) is 3.43. The molecule has 1 atom stereocenters. The van der Waals surface area contributed by atoms with E-state index in [1.165, 1.54) is 22.9 Å². The van der Waals surface area contributed by atoms with Gasteiger partial charge >= 0.3 is 5.97 Å². The van der Waals surface area contributed by atoms with Crippen LogP contribution in [0.15, 0.2) is 11.1 Å². The second-order valence-electron chi connectivity index (χ2n) is 7.11. The van der Waals surface area contributed by atoms with Gasteiger partial charge in [-0.3, -0.25) is 14.2 Å². The van der Waals surface area contributed by atoms with E-state index in [2.05, 4.69) is 10.3 Å². The van der Waals surface area contributed by atoms with Gasteiger partial charge in [0.05, 0.1) is 18.8 Å². The molecule has 7 nitrogen and oxygen atoms in total. The molecule has 0 saturated heterocycles. The number of amides is 1. The zero-order valence-corrected chi connectivity index (χ0v) is 16.8. The van der Waals surface area contributed by atoms with Crippen LogP contribution in [0.1, 0.15) is 50.0 Å². The number of nitrogens with zero attached hydrogens (tertiary/aromatic N) is 2. The average molecular weight is 391 g/mol. The van der Waals surface area contributed by atoms with Gasteiger partial charge in [0.1, 0.15) is 10.4 Å². The Morgan fingerprint density at radius 3 is 2.81 bits per heavy atom. The summed E-state index contributed by atoms with van der Waals surface area (Å²) in [6.45, 7) is 3.66. The van der Waals surface area contributed by atoms with Gasteiger partial charge in [0.2, 0.25) is 5.91 Å². The molecule has 8 heteroatoms. The molecule has 1 N–H and O–H groups in total. The number of carbonyl (C=O) groups is 2.